The Labute approximate surface area is 174 Å². The molecule has 0 amide bonds. The molecular formula is C22H23N5O3. The van der Waals surface area contributed by atoms with E-state index in [1.807, 2.05) is 19.1 Å². The van der Waals surface area contributed by atoms with E-state index in [1.54, 1.807) is 19.5 Å². The largest absolute Gasteiger partial charge is 0.481 e. The molecule has 0 saturated carbocycles. The highest BCUT2D eigenvalue weighted by molar-refractivity contribution is 6.10. The molecule has 0 aromatic carbocycles. The summed E-state index contributed by atoms with van der Waals surface area (Å²) in [6, 6.07) is 4.13. The van der Waals surface area contributed by atoms with E-state index in [9.17, 15) is 0 Å². The maximum absolute atomic E-state index is 5.87. The molecule has 2 aliphatic heterocycles. The zero-order chi connectivity index (χ0) is 20.5. The average Bonchev–Trinajstić information content (AvgIpc) is 3.27. The van der Waals surface area contributed by atoms with E-state index in [0.29, 0.717) is 42.5 Å². The lowest BCUT2D eigenvalue weighted by molar-refractivity contribution is 0.134. The third kappa shape index (κ3) is 3.43. The number of methoxy groups -OCH3 is 1. The first-order chi connectivity index (χ1) is 14.7. The predicted molar refractivity (Wildman–Crippen MR) is 113 cm³/mol. The number of anilines is 2. The zero-order valence-corrected chi connectivity index (χ0v) is 17.0. The van der Waals surface area contributed by atoms with Crippen LogP contribution in [0.1, 0.15) is 13.3 Å². The molecule has 8 nitrogen and oxygen atoms in total. The van der Waals surface area contributed by atoms with Crippen molar-refractivity contribution in [3.63, 3.8) is 0 Å². The highest BCUT2D eigenvalue weighted by Crippen LogP contribution is 2.38. The lowest BCUT2D eigenvalue weighted by Crippen LogP contribution is -2.31. The van der Waals surface area contributed by atoms with Crippen LogP contribution in [-0.4, -0.2) is 53.6 Å². The Hall–Kier alpha value is -3.26. The Morgan fingerprint density at radius 3 is 2.97 bits per heavy atom. The molecule has 0 radical (unpaired) electrons. The first-order valence-electron chi connectivity index (χ1n) is 10.1. The minimum absolute atomic E-state index is 0.127. The van der Waals surface area contributed by atoms with Gasteiger partial charge >= 0.3 is 6.01 Å². The molecule has 154 valence electrons. The Morgan fingerprint density at radius 1 is 1.23 bits per heavy atom. The van der Waals surface area contributed by atoms with Crippen molar-refractivity contribution in [2.75, 3.05) is 31.8 Å². The van der Waals surface area contributed by atoms with Gasteiger partial charge in [0.25, 0.3) is 0 Å². The minimum atomic E-state index is 0.127. The number of fused-ring (bicyclic) bond motifs is 2. The fraction of sp³-hybridized carbons (Fsp3) is 0.364. The third-order valence-corrected chi connectivity index (χ3v) is 5.45. The van der Waals surface area contributed by atoms with Crippen LogP contribution < -0.4 is 14.4 Å². The van der Waals surface area contributed by atoms with Gasteiger partial charge in [0.1, 0.15) is 5.69 Å². The van der Waals surface area contributed by atoms with Gasteiger partial charge in [0.15, 0.2) is 5.82 Å². The number of pyridine rings is 1. The van der Waals surface area contributed by atoms with Crippen molar-refractivity contribution in [2.45, 2.75) is 19.4 Å². The molecule has 8 heteroatoms. The van der Waals surface area contributed by atoms with Gasteiger partial charge in [0, 0.05) is 18.6 Å². The molecule has 2 aromatic heterocycles. The second-order valence-corrected chi connectivity index (χ2v) is 7.27. The smallest absolute Gasteiger partial charge is 0.318 e. The maximum atomic E-state index is 5.87. The van der Waals surface area contributed by atoms with Crippen LogP contribution in [0.4, 0.5) is 17.2 Å². The van der Waals surface area contributed by atoms with Crippen LogP contribution in [0.15, 0.2) is 53.3 Å². The Bertz CT molecular complexity index is 1030. The standard InChI is InChI=1S/C22H23N5O3/c1-3-29-22-24-12-17-21(26-22)27(16-6-7-20(28-2)23-11-16)13-18(25-17)15-5-4-14-8-9-30-19(14)10-15/h4-7,10-12,14,19H,3,8-9,13H2,1-2H3. The molecule has 0 N–H and O–H groups in total. The van der Waals surface area contributed by atoms with Crippen molar-refractivity contribution < 1.29 is 14.2 Å². The molecule has 2 aromatic rings. The van der Waals surface area contributed by atoms with E-state index in [2.05, 4.69) is 38.1 Å². The van der Waals surface area contributed by atoms with Crippen LogP contribution in [0.3, 0.4) is 0 Å². The summed E-state index contributed by atoms with van der Waals surface area (Å²) in [5.41, 5.74) is 3.60. The van der Waals surface area contributed by atoms with E-state index in [4.69, 9.17) is 19.2 Å². The summed E-state index contributed by atoms with van der Waals surface area (Å²) in [4.78, 5) is 20.2. The first-order valence-corrected chi connectivity index (χ1v) is 10.1. The summed E-state index contributed by atoms with van der Waals surface area (Å²) in [6.07, 6.45) is 11.2. The third-order valence-electron chi connectivity index (χ3n) is 5.45. The number of allylic oxidation sites excluding steroid dienone is 1. The summed E-state index contributed by atoms with van der Waals surface area (Å²) in [5, 5.41) is 0. The van der Waals surface area contributed by atoms with Gasteiger partial charge < -0.3 is 19.1 Å². The Morgan fingerprint density at radius 2 is 2.17 bits per heavy atom. The molecule has 0 spiro atoms. The van der Waals surface area contributed by atoms with Gasteiger partial charge in [0.2, 0.25) is 5.88 Å². The van der Waals surface area contributed by atoms with Crippen LogP contribution in [0, 0.1) is 5.92 Å². The van der Waals surface area contributed by atoms with E-state index >= 15 is 0 Å². The van der Waals surface area contributed by atoms with Crippen molar-refractivity contribution in [3.8, 4) is 11.9 Å². The van der Waals surface area contributed by atoms with E-state index < -0.39 is 0 Å². The van der Waals surface area contributed by atoms with E-state index in [0.717, 1.165) is 30.0 Å². The highest BCUT2D eigenvalue weighted by Gasteiger charge is 2.30. The van der Waals surface area contributed by atoms with Crippen molar-refractivity contribution in [2.24, 2.45) is 10.9 Å². The molecule has 1 aliphatic carbocycles. The molecule has 30 heavy (non-hydrogen) atoms. The molecule has 4 heterocycles. The maximum Gasteiger partial charge on any atom is 0.318 e. The predicted octanol–water partition coefficient (Wildman–Crippen LogP) is 3.40. The summed E-state index contributed by atoms with van der Waals surface area (Å²) in [6.45, 7) is 3.76. The molecule has 2 unspecified atom stereocenters. The normalized spacial score (nSPS) is 22.1. The monoisotopic (exact) mass is 405 g/mol. The summed E-state index contributed by atoms with van der Waals surface area (Å²) in [5.74, 6) is 1.72. The number of ether oxygens (including phenoxy) is 3. The van der Waals surface area contributed by atoms with Crippen molar-refractivity contribution >= 4 is 22.9 Å². The zero-order valence-electron chi connectivity index (χ0n) is 17.0. The molecule has 0 bridgehead atoms. The highest BCUT2D eigenvalue weighted by atomic mass is 16.5. The van der Waals surface area contributed by atoms with Gasteiger partial charge in [-0.3, -0.25) is 0 Å². The lowest BCUT2D eigenvalue weighted by atomic mass is 9.91. The number of hydrogen-bond donors (Lipinski definition) is 0. The summed E-state index contributed by atoms with van der Waals surface area (Å²) < 4.78 is 16.6. The minimum Gasteiger partial charge on any atom is -0.481 e. The van der Waals surface area contributed by atoms with Crippen molar-refractivity contribution in [3.05, 3.63) is 48.3 Å². The number of aromatic nitrogens is 3. The summed E-state index contributed by atoms with van der Waals surface area (Å²) >= 11 is 0. The van der Waals surface area contributed by atoms with Gasteiger partial charge in [0.05, 0.1) is 50.2 Å². The van der Waals surface area contributed by atoms with Gasteiger partial charge in [-0.1, -0.05) is 12.2 Å². The molecule has 1 fully saturated rings. The quantitative estimate of drug-likeness (QED) is 0.754. The number of nitrogens with zero attached hydrogens (tertiary/aromatic N) is 5. The molecule has 5 rings (SSSR count). The van der Waals surface area contributed by atoms with Gasteiger partial charge in [-0.2, -0.15) is 4.98 Å². The Kier molecular flexibility index (Phi) is 4.92. The van der Waals surface area contributed by atoms with Crippen LogP contribution in [-0.2, 0) is 4.74 Å². The Balaban J connectivity index is 1.55. The van der Waals surface area contributed by atoms with Crippen LogP contribution in [0.25, 0.3) is 0 Å². The van der Waals surface area contributed by atoms with E-state index in [1.165, 1.54) is 0 Å². The van der Waals surface area contributed by atoms with Crippen molar-refractivity contribution in [1.29, 1.82) is 0 Å². The fourth-order valence-corrected chi connectivity index (χ4v) is 3.91. The van der Waals surface area contributed by atoms with E-state index in [-0.39, 0.29) is 6.10 Å². The number of hydrogen-bond acceptors (Lipinski definition) is 8. The van der Waals surface area contributed by atoms with Gasteiger partial charge in [-0.15, -0.1) is 0 Å². The molecule has 1 saturated heterocycles. The number of rotatable bonds is 5. The van der Waals surface area contributed by atoms with Crippen LogP contribution in [0.5, 0.6) is 11.9 Å². The summed E-state index contributed by atoms with van der Waals surface area (Å²) in [7, 11) is 1.60. The van der Waals surface area contributed by atoms with Gasteiger partial charge in [-0.25, -0.2) is 15.0 Å². The second kappa shape index (κ2) is 7.87. The van der Waals surface area contributed by atoms with Gasteiger partial charge in [-0.05, 0) is 31.1 Å². The lowest BCUT2D eigenvalue weighted by Gasteiger charge is -2.30. The molecular weight excluding hydrogens is 382 g/mol. The van der Waals surface area contributed by atoms with Crippen molar-refractivity contribution in [1.82, 2.24) is 15.0 Å². The van der Waals surface area contributed by atoms with Crippen LogP contribution in [0.2, 0.25) is 0 Å². The SMILES string of the molecule is CCOc1ncc2c(n1)N(c1ccc(OC)nc1)CC(C1=CC3OCCC3C=C1)=N2. The fourth-order valence-electron chi connectivity index (χ4n) is 3.91. The van der Waals surface area contributed by atoms with Crippen LogP contribution >= 0.6 is 0 Å². The first kappa shape index (κ1) is 18.7. The second-order valence-electron chi connectivity index (χ2n) is 7.27. The molecule has 2 atom stereocenters. The number of aliphatic imine (C=N–C) groups is 1. The average molecular weight is 405 g/mol. The topological polar surface area (TPSA) is 82.0 Å². The molecule has 3 aliphatic rings.